The molecule has 3 heteroatoms. The summed E-state index contributed by atoms with van der Waals surface area (Å²) in [6, 6.07) is 41.9. The quantitative estimate of drug-likeness (QED) is 0.279. The molecule has 0 aliphatic rings. The maximum Gasteiger partial charge on any atom is 0.146 e. The van der Waals surface area contributed by atoms with Gasteiger partial charge in [0.2, 0.25) is 0 Å². The summed E-state index contributed by atoms with van der Waals surface area (Å²) >= 11 is 0. The number of imidazole rings is 1. The van der Waals surface area contributed by atoms with Crippen molar-refractivity contribution in [3.8, 4) is 28.2 Å². The van der Waals surface area contributed by atoms with Gasteiger partial charge in [-0.2, -0.15) is 0 Å². The maximum absolute atomic E-state index is 6.08. The Labute approximate surface area is 196 Å². The van der Waals surface area contributed by atoms with Crippen molar-refractivity contribution in [2.75, 3.05) is 0 Å². The highest BCUT2D eigenvalue weighted by atomic mass is 16.3. The summed E-state index contributed by atoms with van der Waals surface area (Å²) in [6.07, 6.45) is 0. The van der Waals surface area contributed by atoms with Crippen LogP contribution in [0.25, 0.3) is 61.2 Å². The molecule has 0 radical (unpaired) electrons. The molecule has 7 aromatic rings. The molecule has 0 N–H and O–H groups in total. The van der Waals surface area contributed by atoms with Gasteiger partial charge in [-0.1, -0.05) is 84.9 Å². The second-order valence-electron chi connectivity index (χ2n) is 8.45. The Morgan fingerprint density at radius 3 is 2.18 bits per heavy atom. The normalized spacial score (nSPS) is 11.5. The summed E-state index contributed by atoms with van der Waals surface area (Å²) in [5.74, 6) is 0.924. The highest BCUT2D eigenvalue weighted by Gasteiger charge is 2.18. The lowest BCUT2D eigenvalue weighted by Crippen LogP contribution is -1.98. The zero-order valence-corrected chi connectivity index (χ0v) is 18.3. The summed E-state index contributed by atoms with van der Waals surface area (Å²) in [6.45, 7) is 0. The van der Waals surface area contributed by atoms with Crippen molar-refractivity contribution in [1.29, 1.82) is 0 Å². The minimum absolute atomic E-state index is 0.889. The number of hydrogen-bond acceptors (Lipinski definition) is 2. The second-order valence-corrected chi connectivity index (χ2v) is 8.45. The molecule has 0 saturated carbocycles. The molecule has 0 fully saturated rings. The number of nitrogens with zero attached hydrogens (tertiary/aromatic N) is 2. The zero-order valence-electron chi connectivity index (χ0n) is 18.3. The standard InChI is InChI=1S/C31H20N2O/c1-2-10-21(11-3-1)23-12-4-5-14-25(23)31-32-27-15-7-8-16-28(27)33(31)22-18-19-30-26(20-22)24-13-6-9-17-29(24)34-30/h1-20H. The van der Waals surface area contributed by atoms with Crippen LogP contribution in [-0.2, 0) is 0 Å². The Kier molecular flexibility index (Phi) is 4.15. The van der Waals surface area contributed by atoms with E-state index in [9.17, 15) is 0 Å². The first-order chi connectivity index (χ1) is 16.9. The fraction of sp³-hybridized carbons (Fsp3) is 0. The van der Waals surface area contributed by atoms with Crippen LogP contribution in [0.2, 0.25) is 0 Å². The largest absolute Gasteiger partial charge is 0.456 e. The lowest BCUT2D eigenvalue weighted by molar-refractivity contribution is 0.669. The highest BCUT2D eigenvalue weighted by molar-refractivity contribution is 6.05. The van der Waals surface area contributed by atoms with Gasteiger partial charge in [-0.15, -0.1) is 0 Å². The average molecular weight is 437 g/mol. The number of aromatic nitrogens is 2. The summed E-state index contributed by atoms with van der Waals surface area (Å²) in [7, 11) is 0. The van der Waals surface area contributed by atoms with Gasteiger partial charge in [-0.3, -0.25) is 4.57 Å². The van der Waals surface area contributed by atoms with Crippen molar-refractivity contribution in [1.82, 2.24) is 9.55 Å². The van der Waals surface area contributed by atoms with Crippen LogP contribution in [0.15, 0.2) is 126 Å². The first kappa shape index (κ1) is 18.9. The molecular formula is C31H20N2O. The van der Waals surface area contributed by atoms with Gasteiger partial charge in [0.05, 0.1) is 11.0 Å². The van der Waals surface area contributed by atoms with Crippen LogP contribution >= 0.6 is 0 Å². The Morgan fingerprint density at radius 1 is 0.559 bits per heavy atom. The van der Waals surface area contributed by atoms with Crippen LogP contribution in [0.4, 0.5) is 0 Å². The van der Waals surface area contributed by atoms with Crippen LogP contribution in [0, 0.1) is 0 Å². The van der Waals surface area contributed by atoms with Crippen molar-refractivity contribution in [3.63, 3.8) is 0 Å². The third kappa shape index (κ3) is 2.87. The van der Waals surface area contributed by atoms with Gasteiger partial charge in [-0.25, -0.2) is 4.98 Å². The molecule has 0 unspecified atom stereocenters. The summed E-state index contributed by atoms with van der Waals surface area (Å²) in [5.41, 5.74) is 8.33. The van der Waals surface area contributed by atoms with Crippen molar-refractivity contribution in [2.45, 2.75) is 0 Å². The number of fused-ring (bicyclic) bond motifs is 4. The van der Waals surface area contributed by atoms with E-state index < -0.39 is 0 Å². The molecule has 160 valence electrons. The number of benzene rings is 5. The summed E-state index contributed by atoms with van der Waals surface area (Å²) < 4.78 is 8.34. The van der Waals surface area contributed by atoms with Gasteiger partial charge in [-0.05, 0) is 47.5 Å². The van der Waals surface area contributed by atoms with Crippen LogP contribution in [0.5, 0.6) is 0 Å². The molecule has 3 nitrogen and oxygen atoms in total. The topological polar surface area (TPSA) is 31.0 Å². The number of hydrogen-bond donors (Lipinski definition) is 0. The molecule has 0 bridgehead atoms. The van der Waals surface area contributed by atoms with Crippen LogP contribution < -0.4 is 0 Å². The van der Waals surface area contributed by atoms with Gasteiger partial charge in [0.25, 0.3) is 0 Å². The maximum atomic E-state index is 6.08. The molecule has 5 aromatic carbocycles. The van der Waals surface area contributed by atoms with E-state index in [-0.39, 0.29) is 0 Å². The van der Waals surface area contributed by atoms with E-state index in [0.717, 1.165) is 55.6 Å². The molecule has 0 aliphatic carbocycles. The van der Waals surface area contributed by atoms with E-state index in [0.29, 0.717) is 0 Å². The number of para-hydroxylation sites is 3. The van der Waals surface area contributed by atoms with E-state index in [1.54, 1.807) is 0 Å². The third-order valence-electron chi connectivity index (χ3n) is 6.43. The molecule has 2 heterocycles. The molecule has 0 spiro atoms. The Balaban J connectivity index is 1.54. The smallest absolute Gasteiger partial charge is 0.146 e. The summed E-state index contributed by atoms with van der Waals surface area (Å²) in [5, 5.41) is 2.23. The SMILES string of the molecule is c1ccc(-c2ccccc2-c2nc3ccccc3n2-c2ccc3oc4ccccc4c3c2)cc1. The van der Waals surface area contributed by atoms with E-state index in [4.69, 9.17) is 9.40 Å². The minimum atomic E-state index is 0.889. The average Bonchev–Trinajstić information content (AvgIpc) is 3.47. The Bertz CT molecular complexity index is 1810. The highest BCUT2D eigenvalue weighted by Crippen LogP contribution is 2.37. The van der Waals surface area contributed by atoms with E-state index in [1.165, 1.54) is 5.56 Å². The molecule has 0 aliphatic heterocycles. The molecule has 7 rings (SSSR count). The number of furan rings is 1. The van der Waals surface area contributed by atoms with Gasteiger partial charge in [0.1, 0.15) is 17.0 Å². The molecule has 2 aromatic heterocycles. The Hall–Kier alpha value is -4.63. The van der Waals surface area contributed by atoms with Crippen LogP contribution in [0.3, 0.4) is 0 Å². The lowest BCUT2D eigenvalue weighted by atomic mass is 9.99. The van der Waals surface area contributed by atoms with Crippen molar-refractivity contribution >= 4 is 33.0 Å². The van der Waals surface area contributed by atoms with Crippen LogP contribution in [0.1, 0.15) is 0 Å². The predicted molar refractivity (Wildman–Crippen MR) is 139 cm³/mol. The first-order valence-electron chi connectivity index (χ1n) is 11.4. The fourth-order valence-electron chi connectivity index (χ4n) is 4.87. The van der Waals surface area contributed by atoms with Crippen molar-refractivity contribution in [2.24, 2.45) is 0 Å². The van der Waals surface area contributed by atoms with E-state index >= 15 is 0 Å². The second kappa shape index (κ2) is 7.46. The van der Waals surface area contributed by atoms with Gasteiger partial charge in [0.15, 0.2) is 0 Å². The van der Waals surface area contributed by atoms with E-state index in [1.807, 2.05) is 24.3 Å². The van der Waals surface area contributed by atoms with Gasteiger partial charge < -0.3 is 4.42 Å². The van der Waals surface area contributed by atoms with Gasteiger partial charge in [0, 0.05) is 22.0 Å². The fourth-order valence-corrected chi connectivity index (χ4v) is 4.87. The first-order valence-corrected chi connectivity index (χ1v) is 11.4. The lowest BCUT2D eigenvalue weighted by Gasteiger charge is -2.13. The molecular weight excluding hydrogens is 416 g/mol. The monoisotopic (exact) mass is 436 g/mol. The minimum Gasteiger partial charge on any atom is -0.456 e. The molecule has 0 amide bonds. The van der Waals surface area contributed by atoms with Crippen molar-refractivity contribution in [3.05, 3.63) is 121 Å². The zero-order chi connectivity index (χ0) is 22.5. The Morgan fingerprint density at radius 2 is 1.26 bits per heavy atom. The molecule has 0 atom stereocenters. The predicted octanol–water partition coefficient (Wildman–Crippen LogP) is 8.26. The number of rotatable bonds is 3. The molecule has 0 saturated heterocycles. The van der Waals surface area contributed by atoms with Crippen LogP contribution in [-0.4, -0.2) is 9.55 Å². The summed E-state index contributed by atoms with van der Waals surface area (Å²) in [4.78, 5) is 5.12. The third-order valence-corrected chi connectivity index (χ3v) is 6.43. The van der Waals surface area contributed by atoms with E-state index in [2.05, 4.69) is 102 Å². The molecule has 34 heavy (non-hydrogen) atoms. The van der Waals surface area contributed by atoms with Gasteiger partial charge >= 0.3 is 0 Å². The van der Waals surface area contributed by atoms with Crippen molar-refractivity contribution < 1.29 is 4.42 Å².